The summed E-state index contributed by atoms with van der Waals surface area (Å²) in [7, 11) is -1.03. The second-order valence-electron chi connectivity index (χ2n) is 20.1. The molecule has 4 amide bonds. The summed E-state index contributed by atoms with van der Waals surface area (Å²) >= 11 is 0. The Morgan fingerprint density at radius 1 is 0.939 bits per heavy atom. The van der Waals surface area contributed by atoms with Crippen molar-refractivity contribution in [1.29, 1.82) is 0 Å². The molecule has 66 heavy (non-hydrogen) atoms. The largest absolute Gasteiger partial charge is 0.497 e. The van der Waals surface area contributed by atoms with Crippen LogP contribution in [0.5, 0.6) is 17.4 Å². The van der Waals surface area contributed by atoms with Crippen LogP contribution in [0.15, 0.2) is 54.6 Å². The molecule has 352 valence electrons. The highest BCUT2D eigenvalue weighted by molar-refractivity contribution is 7.91. The van der Waals surface area contributed by atoms with Crippen LogP contribution in [0.3, 0.4) is 0 Å². The number of aromatic nitrogens is 1. The highest BCUT2D eigenvalue weighted by Gasteiger charge is 2.86. The number of sulfonamides is 1. The number of rotatable bonds is 11. The molecule has 7 aliphatic rings. The number of carbonyl (C=O) groups excluding carboxylic acids is 4. The lowest BCUT2D eigenvalue weighted by Crippen LogP contribution is -2.60. The summed E-state index contributed by atoms with van der Waals surface area (Å²) in [6.45, 7) is 3.93. The molecular weight excluding hydrogens is 872 g/mol. The minimum absolute atomic E-state index is 0.0327. The quantitative estimate of drug-likeness (QED) is 0.140. The number of carbonyl (C=O) groups is 4. The Balaban J connectivity index is 0.967. The molecule has 1 saturated heterocycles. The number of benzene rings is 2. The van der Waals surface area contributed by atoms with Crippen molar-refractivity contribution in [2.24, 2.45) is 28.6 Å². The summed E-state index contributed by atoms with van der Waals surface area (Å²) < 4.78 is 66.5. The van der Waals surface area contributed by atoms with Crippen LogP contribution in [-0.2, 0) is 29.1 Å². The van der Waals surface area contributed by atoms with Crippen LogP contribution in [0.1, 0.15) is 84.5 Å². The van der Waals surface area contributed by atoms with Crippen LogP contribution in [-0.4, -0.2) is 98.0 Å². The number of pyridine rings is 1. The van der Waals surface area contributed by atoms with E-state index in [0.29, 0.717) is 64.3 Å². The van der Waals surface area contributed by atoms with Crippen molar-refractivity contribution < 1.29 is 50.9 Å². The lowest BCUT2D eigenvalue weighted by molar-refractivity contribution is -0.142. The monoisotopic (exact) mass is 928 g/mol. The van der Waals surface area contributed by atoms with Crippen molar-refractivity contribution in [3.05, 3.63) is 60.4 Å². The van der Waals surface area contributed by atoms with Gasteiger partial charge in [-0.3, -0.25) is 24.5 Å². The van der Waals surface area contributed by atoms with E-state index in [4.69, 9.17) is 23.9 Å². The predicted octanol–water partition coefficient (Wildman–Crippen LogP) is 5.44. The second kappa shape index (κ2) is 16.4. The van der Waals surface area contributed by atoms with Gasteiger partial charge in [-0.2, -0.15) is 0 Å². The van der Waals surface area contributed by atoms with Crippen molar-refractivity contribution in [2.45, 2.75) is 120 Å². The van der Waals surface area contributed by atoms with E-state index in [1.54, 1.807) is 37.4 Å². The van der Waals surface area contributed by atoms with Crippen LogP contribution in [0.4, 0.5) is 9.18 Å². The smallest absolute Gasteiger partial charge is 0.421 e. The van der Waals surface area contributed by atoms with Gasteiger partial charge in [0, 0.05) is 23.3 Å². The number of nitrogens with zero attached hydrogens (tertiary/aromatic N) is 2. The fraction of sp³-hybridized carbons (Fsp3) is 0.562. The molecule has 3 aromatic rings. The zero-order valence-corrected chi connectivity index (χ0v) is 38.4. The number of amides is 4. The fourth-order valence-corrected chi connectivity index (χ4v) is 12.6. The molecular formula is C48H57FN6O10S. The van der Waals surface area contributed by atoms with Crippen LogP contribution >= 0.6 is 0 Å². The van der Waals surface area contributed by atoms with Crippen molar-refractivity contribution >= 4 is 44.6 Å². The van der Waals surface area contributed by atoms with E-state index in [-0.39, 0.29) is 49.0 Å². The Bertz CT molecular complexity index is 2620. The van der Waals surface area contributed by atoms with Gasteiger partial charge < -0.3 is 29.2 Å². The van der Waals surface area contributed by atoms with Crippen LogP contribution in [0.25, 0.3) is 22.0 Å². The molecule has 0 bridgehead atoms. The number of methoxy groups -OCH3 is 2. The first kappa shape index (κ1) is 44.4. The number of halogens is 1. The molecule has 0 unspecified atom stereocenters. The summed E-state index contributed by atoms with van der Waals surface area (Å²) in [6.07, 6.45) is 9.30. The molecule has 2 aliphatic heterocycles. The van der Waals surface area contributed by atoms with E-state index in [0.717, 1.165) is 19.3 Å². The predicted molar refractivity (Wildman–Crippen MR) is 239 cm³/mol. The number of nitrogens with one attached hydrogen (secondary N) is 4. The van der Waals surface area contributed by atoms with E-state index in [2.05, 4.69) is 27.8 Å². The third kappa shape index (κ3) is 8.21. The first-order valence-corrected chi connectivity index (χ1v) is 24.7. The Morgan fingerprint density at radius 3 is 2.42 bits per heavy atom. The zero-order valence-electron chi connectivity index (χ0n) is 37.6. The van der Waals surface area contributed by atoms with Gasteiger partial charge in [-0.05, 0) is 135 Å². The van der Waals surface area contributed by atoms with Gasteiger partial charge >= 0.3 is 6.09 Å². The first-order chi connectivity index (χ1) is 31.5. The molecule has 3 heterocycles. The van der Waals surface area contributed by atoms with Gasteiger partial charge in [-0.15, -0.1) is 0 Å². The van der Waals surface area contributed by atoms with Crippen LogP contribution < -0.4 is 35.1 Å². The second-order valence-corrected chi connectivity index (χ2v) is 22.1. The maximum atomic E-state index is 15.1. The van der Waals surface area contributed by atoms with Crippen molar-refractivity contribution in [1.82, 2.24) is 30.8 Å². The molecule has 18 heteroatoms. The summed E-state index contributed by atoms with van der Waals surface area (Å²) in [5, 5.41) is 3.52. The van der Waals surface area contributed by atoms with Crippen LogP contribution in [0.2, 0.25) is 0 Å². The van der Waals surface area contributed by atoms with E-state index in [9.17, 15) is 22.8 Å². The minimum atomic E-state index is -3.95. The Morgan fingerprint density at radius 2 is 1.71 bits per heavy atom. The Labute approximate surface area is 383 Å². The minimum Gasteiger partial charge on any atom is -0.497 e. The van der Waals surface area contributed by atoms with Gasteiger partial charge in [-0.1, -0.05) is 26.0 Å². The number of hydrogen-bond acceptors (Lipinski definition) is 12. The standard InChI is InChI=1S/C48H57FN6O10S/c1-26-7-5-6-8-30-20-48(30,44(58)54-66(60,61)34-11-12-34)51-41(56)38-19-32(23-55(38)43(57)40(27(2)15-26)52-53-45(59)65-33-21-46-24-47(46,22-33)25-46)64-42-35-13-10-31(62-3)16-29(35)18-37(50-42)28-9-14-39(63-4)36(49)17-28/h6,8-10,13-14,16-18,26-27,30,32-34,38,40,52H,5,7,11-12,15,19-25H2,1-4H3,(H,51,56)(H,53,59)(H,54,58)/b8-6-/t26-,27-,30-,32-,33?,38+,40+,46?,47?,48-/m1/s1. The van der Waals surface area contributed by atoms with Gasteiger partial charge in [0.1, 0.15) is 35.6 Å². The summed E-state index contributed by atoms with van der Waals surface area (Å²) in [5.41, 5.74) is 5.63. The first-order valence-electron chi connectivity index (χ1n) is 23.1. The Kier molecular flexibility index (Phi) is 11.0. The lowest BCUT2D eigenvalue weighted by Gasteiger charge is -2.33. The Hall–Kier alpha value is -5.49. The lowest BCUT2D eigenvalue weighted by atomic mass is 9.88. The van der Waals surface area contributed by atoms with Crippen LogP contribution in [0, 0.1) is 34.4 Å². The summed E-state index contributed by atoms with van der Waals surface area (Å²) in [5.74, 6) is -2.43. The summed E-state index contributed by atoms with van der Waals surface area (Å²) in [6, 6.07) is 9.40. The maximum Gasteiger partial charge on any atom is 0.421 e. The molecule has 10 rings (SSSR count). The average molecular weight is 929 g/mol. The molecule has 1 aromatic heterocycles. The van der Waals surface area contributed by atoms with E-state index in [1.165, 1.54) is 37.0 Å². The summed E-state index contributed by atoms with van der Waals surface area (Å²) in [4.78, 5) is 63.5. The van der Waals surface area contributed by atoms with E-state index in [1.807, 2.05) is 19.1 Å². The maximum absolute atomic E-state index is 15.1. The molecule has 2 aromatic carbocycles. The third-order valence-electron chi connectivity index (χ3n) is 15.4. The molecule has 0 spiro atoms. The SMILES string of the molecule is COc1ccc2c(O[C@@H]3C[C@H]4C(=O)N[C@]5(C(=O)NS(=O)(=O)C6CC6)C[C@H]5/C=C\CC[C@@H](C)C[C@@H](C)[C@H](NNC(=O)OC5CC67CC6(C5)C7)C(=O)N4C3)nc(-c3ccc(OC)c(F)c3)cc2c1. The fourth-order valence-electron chi connectivity index (χ4n) is 11.3. The number of hydrazine groups is 1. The molecule has 7 atom stereocenters. The number of allylic oxidation sites excluding steroid dienone is 1. The van der Waals surface area contributed by atoms with Gasteiger partial charge in [0.05, 0.1) is 31.7 Å². The zero-order chi connectivity index (χ0) is 46.3. The van der Waals surface area contributed by atoms with Gasteiger partial charge in [0.2, 0.25) is 27.7 Å². The molecule has 16 nitrogen and oxygen atoms in total. The van der Waals surface area contributed by atoms with Gasteiger partial charge in [0.25, 0.3) is 5.91 Å². The van der Waals surface area contributed by atoms with Gasteiger partial charge in [-0.25, -0.2) is 28.0 Å². The third-order valence-corrected chi connectivity index (χ3v) is 17.2. The number of ether oxygens (including phenoxy) is 4. The number of fused-ring (bicyclic) bond motifs is 3. The molecule has 5 saturated carbocycles. The van der Waals surface area contributed by atoms with Crippen molar-refractivity contribution in [3.8, 4) is 28.6 Å². The molecule has 5 aliphatic carbocycles. The topological polar surface area (TPSA) is 204 Å². The normalized spacial score (nSPS) is 34.0. The highest BCUT2D eigenvalue weighted by atomic mass is 32.2. The van der Waals surface area contributed by atoms with Crippen molar-refractivity contribution in [3.63, 3.8) is 0 Å². The molecule has 6 fully saturated rings. The highest BCUT2D eigenvalue weighted by Crippen LogP contribution is 2.93. The average Bonchev–Trinajstić information content (AvgIpc) is 4.23. The molecule has 4 N–H and O–H groups in total. The van der Waals surface area contributed by atoms with E-state index >= 15 is 9.18 Å². The van der Waals surface area contributed by atoms with Crippen molar-refractivity contribution in [2.75, 3.05) is 20.8 Å². The van der Waals surface area contributed by atoms with Gasteiger partial charge in [0.15, 0.2) is 11.6 Å². The number of hydrogen-bond donors (Lipinski definition) is 4. The molecule has 0 radical (unpaired) electrons. The van der Waals surface area contributed by atoms with E-state index < -0.39 is 74.5 Å².